The number of rotatable bonds is 5. The Balaban J connectivity index is 1.82. The minimum absolute atomic E-state index is 0.312. The number of ether oxygens (including phenoxy) is 1. The molecular weight excluding hydrogens is 327 g/mol. The van der Waals surface area contributed by atoms with Crippen molar-refractivity contribution >= 4 is 27.5 Å². The monoisotopic (exact) mass is 344 g/mol. The first-order valence-corrected chi connectivity index (χ1v) is 8.30. The van der Waals surface area contributed by atoms with E-state index < -0.39 is 12.7 Å². The molecule has 6 heteroatoms. The number of fused-ring (bicyclic) bond motifs is 1. The molecule has 0 fully saturated rings. The van der Waals surface area contributed by atoms with Crippen LogP contribution in [0.5, 0.6) is 5.75 Å². The first-order chi connectivity index (χ1) is 11.6. The summed E-state index contributed by atoms with van der Waals surface area (Å²) in [6, 6.07) is 11.6. The van der Waals surface area contributed by atoms with E-state index >= 15 is 0 Å². The molecule has 1 unspecified atom stereocenters. The number of aryl methyl sites for hydroxylation is 1. The van der Waals surface area contributed by atoms with Gasteiger partial charge in [-0.2, -0.15) is 0 Å². The zero-order chi connectivity index (χ0) is 17.1. The molecule has 4 nitrogen and oxygen atoms in total. The van der Waals surface area contributed by atoms with Gasteiger partial charge in [-0.05, 0) is 42.8 Å². The number of alkyl halides is 1. The molecule has 0 aliphatic rings. The lowest BCUT2D eigenvalue weighted by Gasteiger charge is -2.16. The molecule has 1 N–H and O–H groups in total. The summed E-state index contributed by atoms with van der Waals surface area (Å²) in [4.78, 5) is 16.8. The minimum Gasteiger partial charge on any atom is -0.497 e. The number of hydrogen-bond donors (Lipinski definition) is 1. The molecule has 2 aromatic carbocycles. The molecule has 124 valence electrons. The van der Waals surface area contributed by atoms with Gasteiger partial charge in [-0.15, -0.1) is 11.3 Å². The molecule has 1 aromatic heterocycles. The number of aromatic nitrogens is 1. The van der Waals surface area contributed by atoms with Gasteiger partial charge in [0.2, 0.25) is 0 Å². The highest BCUT2D eigenvalue weighted by molar-refractivity contribution is 7.18. The number of halogens is 1. The number of nitrogens with zero attached hydrogens (tertiary/aromatic N) is 1. The van der Waals surface area contributed by atoms with E-state index in [0.717, 1.165) is 15.2 Å². The SMILES string of the molecule is COc1cccc(C(CF)NC(=O)c2ccc3nc(C)sc3c2)c1. The number of amides is 1. The summed E-state index contributed by atoms with van der Waals surface area (Å²) in [7, 11) is 1.55. The predicted octanol–water partition coefficient (Wildman–Crippen LogP) is 4.05. The van der Waals surface area contributed by atoms with Gasteiger partial charge in [-0.1, -0.05) is 12.1 Å². The summed E-state index contributed by atoms with van der Waals surface area (Å²) in [5, 5.41) is 3.68. The summed E-state index contributed by atoms with van der Waals surface area (Å²) in [6.07, 6.45) is 0. The van der Waals surface area contributed by atoms with E-state index in [2.05, 4.69) is 10.3 Å². The van der Waals surface area contributed by atoms with Gasteiger partial charge >= 0.3 is 0 Å². The number of carbonyl (C=O) groups is 1. The lowest BCUT2D eigenvalue weighted by atomic mass is 10.1. The molecule has 1 amide bonds. The molecule has 24 heavy (non-hydrogen) atoms. The van der Waals surface area contributed by atoms with Crippen molar-refractivity contribution in [3.63, 3.8) is 0 Å². The van der Waals surface area contributed by atoms with Crippen LogP contribution in [0.4, 0.5) is 4.39 Å². The minimum atomic E-state index is -0.716. The molecule has 0 radical (unpaired) electrons. The maximum atomic E-state index is 13.4. The summed E-state index contributed by atoms with van der Waals surface area (Å²) < 4.78 is 19.5. The quantitative estimate of drug-likeness (QED) is 0.759. The maximum absolute atomic E-state index is 13.4. The molecule has 0 saturated carbocycles. The van der Waals surface area contributed by atoms with Gasteiger partial charge in [0.15, 0.2) is 0 Å². The fraction of sp³-hybridized carbons (Fsp3) is 0.222. The Morgan fingerprint density at radius 2 is 2.17 bits per heavy atom. The fourth-order valence-electron chi connectivity index (χ4n) is 2.49. The summed E-state index contributed by atoms with van der Waals surface area (Å²) in [5.74, 6) is 0.315. The number of hydrogen-bond acceptors (Lipinski definition) is 4. The predicted molar refractivity (Wildman–Crippen MR) is 93.5 cm³/mol. The van der Waals surface area contributed by atoms with Crippen LogP contribution in [0.1, 0.15) is 27.0 Å². The second-order valence-electron chi connectivity index (χ2n) is 5.37. The third kappa shape index (κ3) is 3.38. The van der Waals surface area contributed by atoms with E-state index in [1.807, 2.05) is 13.0 Å². The van der Waals surface area contributed by atoms with Gasteiger partial charge in [0.1, 0.15) is 12.4 Å². The molecule has 1 heterocycles. The largest absolute Gasteiger partial charge is 0.497 e. The number of methoxy groups -OCH3 is 1. The standard InChI is InChI=1S/C18H17FN2O2S/c1-11-20-15-7-6-13(9-17(15)24-11)18(22)21-16(10-19)12-4-3-5-14(8-12)23-2/h3-9,16H,10H2,1-2H3,(H,21,22). The Kier molecular flexibility index (Phi) is 4.76. The Labute approximate surface area is 143 Å². The Morgan fingerprint density at radius 1 is 1.33 bits per heavy atom. The Bertz CT molecular complexity index is 878. The molecular formula is C18H17FN2O2S. The summed E-state index contributed by atoms with van der Waals surface area (Å²) in [5.41, 5.74) is 2.02. The van der Waals surface area contributed by atoms with E-state index in [-0.39, 0.29) is 5.91 Å². The van der Waals surface area contributed by atoms with Crippen LogP contribution in [0, 0.1) is 6.92 Å². The van der Waals surface area contributed by atoms with Crippen molar-refractivity contribution < 1.29 is 13.9 Å². The molecule has 0 aliphatic heterocycles. The van der Waals surface area contributed by atoms with Crippen LogP contribution in [0.2, 0.25) is 0 Å². The van der Waals surface area contributed by atoms with Crippen LogP contribution in [-0.2, 0) is 0 Å². The lowest BCUT2D eigenvalue weighted by Crippen LogP contribution is -2.29. The van der Waals surface area contributed by atoms with Gasteiger partial charge < -0.3 is 10.1 Å². The highest BCUT2D eigenvalue weighted by Gasteiger charge is 2.17. The van der Waals surface area contributed by atoms with E-state index in [0.29, 0.717) is 16.9 Å². The van der Waals surface area contributed by atoms with Gasteiger partial charge in [0.25, 0.3) is 5.91 Å². The summed E-state index contributed by atoms with van der Waals surface area (Å²) >= 11 is 1.53. The average Bonchev–Trinajstić information content (AvgIpc) is 2.98. The van der Waals surface area contributed by atoms with E-state index in [9.17, 15) is 9.18 Å². The second-order valence-corrected chi connectivity index (χ2v) is 6.61. The zero-order valence-electron chi connectivity index (χ0n) is 13.4. The smallest absolute Gasteiger partial charge is 0.251 e. The van der Waals surface area contributed by atoms with Crippen molar-refractivity contribution in [3.05, 3.63) is 58.6 Å². The topological polar surface area (TPSA) is 51.2 Å². The van der Waals surface area contributed by atoms with E-state index in [4.69, 9.17) is 4.74 Å². The van der Waals surface area contributed by atoms with Crippen molar-refractivity contribution in [2.45, 2.75) is 13.0 Å². The van der Waals surface area contributed by atoms with Crippen LogP contribution >= 0.6 is 11.3 Å². The van der Waals surface area contributed by atoms with Gasteiger partial charge in [-0.25, -0.2) is 9.37 Å². The van der Waals surface area contributed by atoms with Crippen LogP contribution in [0.15, 0.2) is 42.5 Å². The number of thiazole rings is 1. The molecule has 0 spiro atoms. The zero-order valence-corrected chi connectivity index (χ0v) is 14.2. The van der Waals surface area contributed by atoms with Crippen LogP contribution < -0.4 is 10.1 Å². The molecule has 0 bridgehead atoms. The molecule has 0 saturated heterocycles. The van der Waals surface area contributed by atoms with Gasteiger partial charge in [0.05, 0.1) is 28.4 Å². The fourth-order valence-corrected chi connectivity index (χ4v) is 3.36. The molecule has 1 atom stereocenters. The lowest BCUT2D eigenvalue weighted by molar-refractivity contribution is 0.0930. The third-order valence-electron chi connectivity index (χ3n) is 3.71. The van der Waals surface area contributed by atoms with Crippen LogP contribution in [0.25, 0.3) is 10.2 Å². The van der Waals surface area contributed by atoms with Gasteiger partial charge in [-0.3, -0.25) is 4.79 Å². The van der Waals surface area contributed by atoms with E-state index in [1.54, 1.807) is 43.5 Å². The molecule has 0 aliphatic carbocycles. The maximum Gasteiger partial charge on any atom is 0.251 e. The van der Waals surface area contributed by atoms with Crippen molar-refractivity contribution in [1.82, 2.24) is 10.3 Å². The Hall–Kier alpha value is -2.47. The summed E-state index contributed by atoms with van der Waals surface area (Å²) in [6.45, 7) is 1.23. The highest BCUT2D eigenvalue weighted by atomic mass is 32.1. The highest BCUT2D eigenvalue weighted by Crippen LogP contribution is 2.24. The number of benzene rings is 2. The molecule has 3 aromatic rings. The molecule has 3 rings (SSSR count). The van der Waals surface area contributed by atoms with Crippen LogP contribution in [0.3, 0.4) is 0 Å². The Morgan fingerprint density at radius 3 is 2.92 bits per heavy atom. The van der Waals surface area contributed by atoms with Crippen molar-refractivity contribution in [1.29, 1.82) is 0 Å². The number of nitrogens with one attached hydrogen (secondary N) is 1. The van der Waals surface area contributed by atoms with Crippen LogP contribution in [-0.4, -0.2) is 24.7 Å². The van der Waals surface area contributed by atoms with Gasteiger partial charge in [0, 0.05) is 5.56 Å². The van der Waals surface area contributed by atoms with Crippen molar-refractivity contribution in [2.24, 2.45) is 0 Å². The van der Waals surface area contributed by atoms with Crippen molar-refractivity contribution in [2.75, 3.05) is 13.8 Å². The number of carbonyl (C=O) groups excluding carboxylic acids is 1. The third-order valence-corrected chi connectivity index (χ3v) is 4.65. The second kappa shape index (κ2) is 6.97. The first-order valence-electron chi connectivity index (χ1n) is 7.48. The first kappa shape index (κ1) is 16.4. The average molecular weight is 344 g/mol. The van der Waals surface area contributed by atoms with Crippen molar-refractivity contribution in [3.8, 4) is 5.75 Å². The normalized spacial score (nSPS) is 12.1. The van der Waals surface area contributed by atoms with E-state index in [1.165, 1.54) is 11.3 Å².